The van der Waals surface area contributed by atoms with Crippen LogP contribution in [0.1, 0.15) is 5.69 Å². The van der Waals surface area contributed by atoms with E-state index >= 15 is 0 Å². The summed E-state index contributed by atoms with van der Waals surface area (Å²) < 4.78 is 0. The Morgan fingerprint density at radius 2 is 1.90 bits per heavy atom. The van der Waals surface area contributed by atoms with Crippen molar-refractivity contribution in [3.63, 3.8) is 0 Å². The smallest absolute Gasteiger partial charge is 0.117 e. The number of aromatic hydroxyl groups is 1. The van der Waals surface area contributed by atoms with Crippen LogP contribution in [0.3, 0.4) is 0 Å². The number of fused-ring (bicyclic) bond motifs is 1. The van der Waals surface area contributed by atoms with E-state index in [0.29, 0.717) is 5.02 Å². The molecule has 100 valence electrons. The van der Waals surface area contributed by atoms with Crippen molar-refractivity contribution in [3.05, 3.63) is 59.2 Å². The fourth-order valence-electron chi connectivity index (χ4n) is 2.18. The number of hydrogen-bond donors (Lipinski definition) is 2. The fourth-order valence-corrected chi connectivity index (χ4v) is 2.40. The molecule has 0 saturated heterocycles. The summed E-state index contributed by atoms with van der Waals surface area (Å²) in [6, 6.07) is 14.7. The second-order valence-electron chi connectivity index (χ2n) is 4.62. The zero-order valence-corrected chi connectivity index (χ0v) is 11.6. The van der Waals surface area contributed by atoms with Crippen LogP contribution in [0.2, 0.25) is 5.02 Å². The Bertz CT molecular complexity index is 787. The zero-order chi connectivity index (χ0) is 14.1. The highest BCUT2D eigenvalue weighted by Gasteiger charge is 2.07. The van der Waals surface area contributed by atoms with Crippen molar-refractivity contribution < 1.29 is 5.11 Å². The van der Waals surface area contributed by atoms with Crippen LogP contribution in [0.4, 0.5) is 11.4 Å². The quantitative estimate of drug-likeness (QED) is 0.720. The number of nitrogens with one attached hydrogen (secondary N) is 1. The average Bonchev–Trinajstić information content (AvgIpc) is 2.40. The van der Waals surface area contributed by atoms with Crippen molar-refractivity contribution in [3.8, 4) is 5.75 Å². The number of aromatic nitrogens is 1. The molecule has 0 unspecified atom stereocenters. The molecular formula is C16H13ClN2O. The standard InChI is InChI=1S/C16H13ClN2O/c1-10-8-15(19-11-4-2-5-12(20)9-11)13-6-3-7-14(17)16(13)18-10/h2-9,20H,1H3,(H,18,19). The van der Waals surface area contributed by atoms with E-state index in [0.717, 1.165) is 28.0 Å². The van der Waals surface area contributed by atoms with Crippen LogP contribution in [0.25, 0.3) is 10.9 Å². The first-order chi connectivity index (χ1) is 9.63. The molecule has 4 heteroatoms. The molecule has 1 aromatic heterocycles. The molecule has 0 aliphatic heterocycles. The van der Waals surface area contributed by atoms with E-state index < -0.39 is 0 Å². The number of rotatable bonds is 2. The Morgan fingerprint density at radius 3 is 2.70 bits per heavy atom. The van der Waals surface area contributed by atoms with E-state index in [4.69, 9.17) is 11.6 Å². The number of nitrogens with zero attached hydrogens (tertiary/aromatic N) is 1. The predicted molar refractivity (Wildman–Crippen MR) is 82.9 cm³/mol. The first kappa shape index (κ1) is 12.8. The minimum absolute atomic E-state index is 0.225. The second-order valence-corrected chi connectivity index (χ2v) is 5.03. The van der Waals surface area contributed by atoms with E-state index in [1.165, 1.54) is 0 Å². The Labute approximate surface area is 121 Å². The molecular weight excluding hydrogens is 272 g/mol. The summed E-state index contributed by atoms with van der Waals surface area (Å²) in [6.45, 7) is 1.93. The van der Waals surface area contributed by atoms with Gasteiger partial charge in [-0.2, -0.15) is 0 Å². The van der Waals surface area contributed by atoms with Crippen molar-refractivity contribution in [1.29, 1.82) is 0 Å². The molecule has 0 atom stereocenters. The monoisotopic (exact) mass is 284 g/mol. The third-order valence-electron chi connectivity index (χ3n) is 3.04. The third-order valence-corrected chi connectivity index (χ3v) is 3.35. The molecule has 0 bridgehead atoms. The molecule has 0 radical (unpaired) electrons. The van der Waals surface area contributed by atoms with Gasteiger partial charge in [0.2, 0.25) is 0 Å². The van der Waals surface area contributed by atoms with Crippen molar-refractivity contribution in [2.24, 2.45) is 0 Å². The third kappa shape index (κ3) is 2.40. The maximum absolute atomic E-state index is 9.53. The van der Waals surface area contributed by atoms with Crippen LogP contribution >= 0.6 is 11.6 Å². The molecule has 3 aromatic rings. The maximum atomic E-state index is 9.53. The highest BCUT2D eigenvalue weighted by atomic mass is 35.5. The lowest BCUT2D eigenvalue weighted by Gasteiger charge is -2.11. The van der Waals surface area contributed by atoms with Crippen LogP contribution in [-0.4, -0.2) is 10.1 Å². The molecule has 3 nitrogen and oxygen atoms in total. The summed E-state index contributed by atoms with van der Waals surface area (Å²) in [7, 11) is 0. The lowest BCUT2D eigenvalue weighted by atomic mass is 10.1. The normalized spacial score (nSPS) is 10.7. The average molecular weight is 285 g/mol. The van der Waals surface area contributed by atoms with Crippen LogP contribution in [0.15, 0.2) is 48.5 Å². The SMILES string of the molecule is Cc1cc(Nc2cccc(O)c2)c2cccc(Cl)c2n1. The summed E-state index contributed by atoms with van der Waals surface area (Å²) >= 11 is 6.20. The topological polar surface area (TPSA) is 45.1 Å². The van der Waals surface area contributed by atoms with Crippen molar-refractivity contribution in [2.45, 2.75) is 6.92 Å². The van der Waals surface area contributed by atoms with Crippen LogP contribution in [-0.2, 0) is 0 Å². The summed E-state index contributed by atoms with van der Waals surface area (Å²) in [6.07, 6.45) is 0. The predicted octanol–water partition coefficient (Wildman–Crippen LogP) is 4.65. The molecule has 0 aliphatic rings. The summed E-state index contributed by atoms with van der Waals surface area (Å²) in [5.41, 5.74) is 3.39. The van der Waals surface area contributed by atoms with Gasteiger partial charge in [-0.1, -0.05) is 29.8 Å². The van der Waals surface area contributed by atoms with E-state index in [2.05, 4.69) is 10.3 Å². The van der Waals surface area contributed by atoms with E-state index in [1.807, 2.05) is 37.3 Å². The van der Waals surface area contributed by atoms with Gasteiger partial charge in [0.1, 0.15) is 5.75 Å². The Balaban J connectivity index is 2.14. The van der Waals surface area contributed by atoms with Gasteiger partial charge >= 0.3 is 0 Å². The van der Waals surface area contributed by atoms with Gasteiger partial charge in [-0.05, 0) is 31.2 Å². The number of pyridine rings is 1. The van der Waals surface area contributed by atoms with Crippen molar-refractivity contribution in [2.75, 3.05) is 5.32 Å². The van der Waals surface area contributed by atoms with Gasteiger partial charge in [0.05, 0.1) is 10.5 Å². The summed E-state index contributed by atoms with van der Waals surface area (Å²) in [5.74, 6) is 0.225. The molecule has 1 heterocycles. The zero-order valence-electron chi connectivity index (χ0n) is 10.9. The second kappa shape index (κ2) is 5.02. The molecule has 0 amide bonds. The number of benzene rings is 2. The van der Waals surface area contributed by atoms with Crippen LogP contribution in [0, 0.1) is 6.92 Å². The minimum Gasteiger partial charge on any atom is -0.508 e. The highest BCUT2D eigenvalue weighted by Crippen LogP contribution is 2.31. The number of halogens is 1. The Morgan fingerprint density at radius 1 is 1.10 bits per heavy atom. The largest absolute Gasteiger partial charge is 0.508 e. The van der Waals surface area contributed by atoms with Gasteiger partial charge in [-0.25, -0.2) is 0 Å². The summed E-state index contributed by atoms with van der Waals surface area (Å²) in [4.78, 5) is 4.47. The van der Waals surface area contributed by atoms with Gasteiger partial charge in [0.15, 0.2) is 0 Å². The number of para-hydroxylation sites is 1. The van der Waals surface area contributed by atoms with Crippen molar-refractivity contribution in [1.82, 2.24) is 4.98 Å². The molecule has 0 spiro atoms. The van der Waals surface area contributed by atoms with Crippen LogP contribution in [0.5, 0.6) is 5.75 Å². The number of phenolic OH excluding ortho intramolecular Hbond substituents is 1. The Kier molecular flexibility index (Phi) is 3.20. The minimum atomic E-state index is 0.225. The van der Waals surface area contributed by atoms with Crippen LogP contribution < -0.4 is 5.32 Å². The van der Waals surface area contributed by atoms with Gasteiger partial charge in [-0.3, -0.25) is 4.98 Å². The molecule has 20 heavy (non-hydrogen) atoms. The number of anilines is 2. The van der Waals surface area contributed by atoms with Gasteiger partial charge < -0.3 is 10.4 Å². The van der Waals surface area contributed by atoms with E-state index in [9.17, 15) is 5.11 Å². The first-order valence-corrected chi connectivity index (χ1v) is 6.63. The lowest BCUT2D eigenvalue weighted by molar-refractivity contribution is 0.475. The first-order valence-electron chi connectivity index (χ1n) is 6.25. The lowest BCUT2D eigenvalue weighted by Crippen LogP contribution is -1.95. The van der Waals surface area contributed by atoms with Gasteiger partial charge in [-0.15, -0.1) is 0 Å². The van der Waals surface area contributed by atoms with E-state index in [-0.39, 0.29) is 5.75 Å². The number of phenols is 1. The van der Waals surface area contributed by atoms with Crippen molar-refractivity contribution >= 4 is 33.9 Å². The molecule has 3 rings (SSSR count). The molecule has 0 fully saturated rings. The molecule has 2 aromatic carbocycles. The maximum Gasteiger partial charge on any atom is 0.117 e. The van der Waals surface area contributed by atoms with Gasteiger partial charge in [0, 0.05) is 28.5 Å². The molecule has 2 N–H and O–H groups in total. The van der Waals surface area contributed by atoms with Gasteiger partial charge in [0.25, 0.3) is 0 Å². The molecule has 0 saturated carbocycles. The Hall–Kier alpha value is -2.26. The number of aryl methyl sites for hydroxylation is 1. The summed E-state index contributed by atoms with van der Waals surface area (Å²) in [5, 5.41) is 14.4. The fraction of sp³-hybridized carbons (Fsp3) is 0.0625. The highest BCUT2D eigenvalue weighted by molar-refractivity contribution is 6.35. The number of hydrogen-bond acceptors (Lipinski definition) is 3. The molecule has 0 aliphatic carbocycles. The van der Waals surface area contributed by atoms with E-state index in [1.54, 1.807) is 18.2 Å².